The van der Waals surface area contributed by atoms with E-state index in [-0.39, 0.29) is 35.4 Å². The number of nitrogens with one attached hydrogen (secondary N) is 2. The van der Waals surface area contributed by atoms with Crippen LogP contribution in [0, 0.1) is 18.7 Å². The molecule has 2 heterocycles. The third-order valence-corrected chi connectivity index (χ3v) is 5.92. The van der Waals surface area contributed by atoms with E-state index >= 15 is 0 Å². The van der Waals surface area contributed by atoms with Crippen molar-refractivity contribution >= 4 is 17.6 Å². The summed E-state index contributed by atoms with van der Waals surface area (Å²) in [5.74, 6) is -0.407. The predicted octanol–water partition coefficient (Wildman–Crippen LogP) is 3.20. The maximum atomic E-state index is 13.5. The van der Waals surface area contributed by atoms with E-state index in [2.05, 4.69) is 25.7 Å². The van der Waals surface area contributed by atoms with Crippen molar-refractivity contribution < 1.29 is 14.0 Å². The van der Waals surface area contributed by atoms with Gasteiger partial charge in [-0.1, -0.05) is 37.8 Å². The molecule has 32 heavy (non-hydrogen) atoms. The lowest BCUT2D eigenvalue weighted by molar-refractivity contribution is 0.0938. The number of benzene rings is 1. The van der Waals surface area contributed by atoms with E-state index in [1.165, 1.54) is 48.7 Å². The molecular weight excluding hydrogens is 411 g/mol. The first-order valence-corrected chi connectivity index (χ1v) is 11.0. The second-order valence-corrected chi connectivity index (χ2v) is 8.33. The van der Waals surface area contributed by atoms with Crippen LogP contribution < -0.4 is 10.6 Å². The summed E-state index contributed by atoms with van der Waals surface area (Å²) in [7, 11) is 0. The van der Waals surface area contributed by atoms with Crippen LogP contribution in [-0.4, -0.2) is 37.9 Å². The minimum Gasteiger partial charge on any atom is -0.350 e. The third-order valence-electron chi connectivity index (χ3n) is 5.92. The first kappa shape index (κ1) is 21.9. The van der Waals surface area contributed by atoms with Crippen LogP contribution >= 0.6 is 0 Å². The molecule has 0 bridgehead atoms. The molecule has 1 aromatic carbocycles. The van der Waals surface area contributed by atoms with Crippen LogP contribution in [0.3, 0.4) is 0 Å². The van der Waals surface area contributed by atoms with Crippen molar-refractivity contribution in [1.29, 1.82) is 0 Å². The molecule has 0 saturated heterocycles. The van der Waals surface area contributed by atoms with Gasteiger partial charge in [0.2, 0.25) is 0 Å². The number of nitrogens with zero attached hydrogens (tertiary/aromatic N) is 4. The monoisotopic (exact) mass is 438 g/mol. The number of aryl methyl sites for hydroxylation is 1. The molecule has 0 unspecified atom stereocenters. The molecule has 1 saturated carbocycles. The molecule has 1 aliphatic carbocycles. The van der Waals surface area contributed by atoms with Gasteiger partial charge in [-0.15, -0.1) is 0 Å². The summed E-state index contributed by atoms with van der Waals surface area (Å²) in [5.41, 5.74) is 1.56. The van der Waals surface area contributed by atoms with Crippen LogP contribution in [0.25, 0.3) is 5.78 Å². The van der Waals surface area contributed by atoms with Gasteiger partial charge in [0, 0.05) is 19.2 Å². The molecule has 2 N–H and O–H groups in total. The standard InChI is InChI=1S/C23H27FN6O2/c1-15-10-17(8-9-18(15)24)13-25-21(31)19-11-20(30-23(29-19)27-14-28-30)22(32)26-12-16-6-4-2-3-5-7-16/h8-11,14,16H,2-7,12-13H2,1H3,(H,25,31)(H,26,32). The molecule has 2 aromatic heterocycles. The molecular formula is C23H27FN6O2. The molecule has 9 heteroatoms. The summed E-state index contributed by atoms with van der Waals surface area (Å²) in [6, 6.07) is 6.09. The zero-order valence-electron chi connectivity index (χ0n) is 18.1. The lowest BCUT2D eigenvalue weighted by Crippen LogP contribution is -2.32. The zero-order valence-corrected chi connectivity index (χ0v) is 18.1. The van der Waals surface area contributed by atoms with E-state index in [0.29, 0.717) is 18.0 Å². The van der Waals surface area contributed by atoms with Gasteiger partial charge < -0.3 is 10.6 Å². The number of hydrogen-bond donors (Lipinski definition) is 2. The molecule has 4 rings (SSSR count). The Morgan fingerprint density at radius 3 is 2.62 bits per heavy atom. The Bertz CT molecular complexity index is 1120. The van der Waals surface area contributed by atoms with E-state index in [1.54, 1.807) is 19.1 Å². The summed E-state index contributed by atoms with van der Waals surface area (Å²) in [4.78, 5) is 33.9. The molecule has 1 fully saturated rings. The second kappa shape index (κ2) is 9.84. The normalized spacial score (nSPS) is 14.8. The van der Waals surface area contributed by atoms with Crippen molar-refractivity contribution in [2.45, 2.75) is 52.0 Å². The zero-order chi connectivity index (χ0) is 22.5. The smallest absolute Gasteiger partial charge is 0.270 e. The maximum absolute atomic E-state index is 13.5. The highest BCUT2D eigenvalue weighted by molar-refractivity contribution is 5.98. The van der Waals surface area contributed by atoms with Crippen LogP contribution in [0.2, 0.25) is 0 Å². The molecule has 1 aliphatic rings. The minimum atomic E-state index is -0.449. The largest absolute Gasteiger partial charge is 0.350 e. The van der Waals surface area contributed by atoms with Gasteiger partial charge in [-0.05, 0) is 42.9 Å². The lowest BCUT2D eigenvalue weighted by Gasteiger charge is -2.15. The van der Waals surface area contributed by atoms with E-state index in [1.807, 2.05) is 0 Å². The van der Waals surface area contributed by atoms with Gasteiger partial charge >= 0.3 is 0 Å². The van der Waals surface area contributed by atoms with Crippen LogP contribution in [0.15, 0.2) is 30.6 Å². The van der Waals surface area contributed by atoms with Crippen molar-refractivity contribution in [3.05, 3.63) is 58.9 Å². The van der Waals surface area contributed by atoms with Gasteiger partial charge in [0.1, 0.15) is 23.5 Å². The fourth-order valence-corrected chi connectivity index (χ4v) is 4.08. The Balaban J connectivity index is 1.47. The Morgan fingerprint density at radius 1 is 1.09 bits per heavy atom. The Hall–Kier alpha value is -3.36. The number of rotatable bonds is 6. The quantitative estimate of drug-likeness (QED) is 0.576. The number of fused-ring (bicyclic) bond motifs is 1. The van der Waals surface area contributed by atoms with E-state index in [9.17, 15) is 14.0 Å². The van der Waals surface area contributed by atoms with Crippen molar-refractivity contribution in [2.75, 3.05) is 6.54 Å². The van der Waals surface area contributed by atoms with Crippen LogP contribution in [-0.2, 0) is 6.54 Å². The Kier molecular flexibility index (Phi) is 6.72. The molecule has 0 radical (unpaired) electrons. The van der Waals surface area contributed by atoms with Crippen molar-refractivity contribution in [3.8, 4) is 0 Å². The summed E-state index contributed by atoms with van der Waals surface area (Å²) < 4.78 is 14.8. The number of amides is 2. The molecule has 0 spiro atoms. The number of carbonyl (C=O) groups is 2. The number of halogens is 1. The topological polar surface area (TPSA) is 101 Å². The van der Waals surface area contributed by atoms with E-state index < -0.39 is 5.91 Å². The summed E-state index contributed by atoms with van der Waals surface area (Å²) in [5, 5.41) is 9.83. The fourth-order valence-electron chi connectivity index (χ4n) is 4.08. The minimum absolute atomic E-state index is 0.0731. The highest BCUT2D eigenvalue weighted by Gasteiger charge is 2.20. The number of carbonyl (C=O) groups excluding carboxylic acids is 2. The van der Waals surface area contributed by atoms with Crippen LogP contribution in [0.4, 0.5) is 4.39 Å². The first-order valence-electron chi connectivity index (χ1n) is 11.0. The van der Waals surface area contributed by atoms with Gasteiger partial charge in [-0.25, -0.2) is 9.37 Å². The predicted molar refractivity (Wildman–Crippen MR) is 117 cm³/mol. The third kappa shape index (κ3) is 5.09. The van der Waals surface area contributed by atoms with Crippen LogP contribution in [0.1, 0.15) is 70.6 Å². The maximum Gasteiger partial charge on any atom is 0.270 e. The number of hydrogen-bond acceptors (Lipinski definition) is 5. The Labute approximate surface area is 185 Å². The summed E-state index contributed by atoms with van der Waals surface area (Å²) in [6.07, 6.45) is 8.43. The fraction of sp³-hybridized carbons (Fsp3) is 0.435. The van der Waals surface area contributed by atoms with Crippen molar-refractivity contribution in [3.63, 3.8) is 0 Å². The van der Waals surface area contributed by atoms with Gasteiger partial charge in [-0.3, -0.25) is 9.59 Å². The molecule has 3 aromatic rings. The SMILES string of the molecule is Cc1cc(CNC(=O)c2cc(C(=O)NCC3CCCCCC3)n3ncnc3n2)ccc1F. The molecule has 2 amide bonds. The lowest BCUT2D eigenvalue weighted by atomic mass is 10.0. The van der Waals surface area contributed by atoms with Gasteiger partial charge in [0.15, 0.2) is 0 Å². The average Bonchev–Trinajstić information content (AvgIpc) is 3.12. The van der Waals surface area contributed by atoms with E-state index in [4.69, 9.17) is 0 Å². The van der Waals surface area contributed by atoms with Crippen molar-refractivity contribution in [2.24, 2.45) is 5.92 Å². The van der Waals surface area contributed by atoms with Crippen LogP contribution in [0.5, 0.6) is 0 Å². The highest BCUT2D eigenvalue weighted by Crippen LogP contribution is 2.22. The van der Waals surface area contributed by atoms with Gasteiger partial charge in [-0.2, -0.15) is 14.6 Å². The average molecular weight is 439 g/mol. The molecule has 8 nitrogen and oxygen atoms in total. The molecule has 0 aliphatic heterocycles. The van der Waals surface area contributed by atoms with Gasteiger partial charge in [0.25, 0.3) is 17.6 Å². The summed E-state index contributed by atoms with van der Waals surface area (Å²) in [6.45, 7) is 2.48. The first-order chi connectivity index (χ1) is 15.5. The van der Waals surface area contributed by atoms with Gasteiger partial charge in [0.05, 0.1) is 0 Å². The van der Waals surface area contributed by atoms with Crippen molar-refractivity contribution in [1.82, 2.24) is 30.2 Å². The number of aromatic nitrogens is 4. The van der Waals surface area contributed by atoms with E-state index in [0.717, 1.165) is 18.4 Å². The molecule has 168 valence electrons. The Morgan fingerprint density at radius 2 is 1.88 bits per heavy atom. The highest BCUT2D eigenvalue weighted by atomic mass is 19.1. The second-order valence-electron chi connectivity index (χ2n) is 8.33. The summed E-state index contributed by atoms with van der Waals surface area (Å²) >= 11 is 0. The molecule has 0 atom stereocenters.